The third-order valence-electron chi connectivity index (χ3n) is 2.80. The van der Waals surface area contributed by atoms with Crippen LogP contribution in [-0.2, 0) is 0 Å². The number of hydrogen-bond acceptors (Lipinski definition) is 6. The minimum Gasteiger partial charge on any atom is -0.545 e. The predicted molar refractivity (Wildman–Crippen MR) is 75.0 cm³/mol. The number of rotatable bonds is 5. The van der Waals surface area contributed by atoms with E-state index in [4.69, 9.17) is 0 Å². The Balaban J connectivity index is 2.18. The number of hydrogen-bond donors (Lipinski definition) is 2. The van der Waals surface area contributed by atoms with Crippen LogP contribution in [0.2, 0.25) is 0 Å². The van der Waals surface area contributed by atoms with Crippen LogP contribution < -0.4 is 16.0 Å². The van der Waals surface area contributed by atoms with Crippen molar-refractivity contribution in [1.29, 1.82) is 0 Å². The maximum atomic E-state index is 12.0. The summed E-state index contributed by atoms with van der Waals surface area (Å²) in [5.41, 5.74) is 4.08. The number of carboxylic acids is 1. The van der Waals surface area contributed by atoms with E-state index < -0.39 is 16.8 Å². The van der Waals surface area contributed by atoms with E-state index in [0.29, 0.717) is 0 Å². The Morgan fingerprint density at radius 3 is 2.18 bits per heavy atom. The predicted octanol–water partition coefficient (Wildman–Crippen LogP) is 0.715. The van der Waals surface area contributed by atoms with Crippen molar-refractivity contribution in [3.63, 3.8) is 0 Å². The molecule has 2 rings (SSSR count). The molecule has 0 radical (unpaired) electrons. The SMILES string of the molecule is O=C([O-])c1ccccc1C(=O)NNc1ccccc1[N+](=O)[O-]. The molecule has 8 nitrogen and oxygen atoms in total. The minimum absolute atomic E-state index is 0.0757. The minimum atomic E-state index is -1.49. The van der Waals surface area contributed by atoms with Crippen LogP contribution in [0.3, 0.4) is 0 Å². The molecule has 2 aromatic carbocycles. The lowest BCUT2D eigenvalue weighted by Crippen LogP contribution is -2.33. The molecule has 0 saturated carbocycles. The van der Waals surface area contributed by atoms with Crippen molar-refractivity contribution in [3.05, 3.63) is 69.8 Å². The van der Waals surface area contributed by atoms with E-state index in [1.54, 1.807) is 6.07 Å². The van der Waals surface area contributed by atoms with Crippen LogP contribution >= 0.6 is 0 Å². The second-order valence-corrected chi connectivity index (χ2v) is 4.19. The lowest BCUT2D eigenvalue weighted by Gasteiger charge is -2.12. The molecule has 0 bridgehead atoms. The van der Waals surface area contributed by atoms with Crippen LogP contribution in [0.4, 0.5) is 11.4 Å². The maximum absolute atomic E-state index is 12.0. The first-order chi connectivity index (χ1) is 10.5. The summed E-state index contributed by atoms with van der Waals surface area (Å²) in [6, 6.07) is 11.2. The highest BCUT2D eigenvalue weighted by molar-refractivity contribution is 6.04. The van der Waals surface area contributed by atoms with E-state index in [9.17, 15) is 24.8 Å². The van der Waals surface area contributed by atoms with E-state index >= 15 is 0 Å². The van der Waals surface area contributed by atoms with Crippen LogP contribution in [0, 0.1) is 10.1 Å². The van der Waals surface area contributed by atoms with Gasteiger partial charge in [-0.25, -0.2) is 0 Å². The summed E-state index contributed by atoms with van der Waals surface area (Å²) in [4.78, 5) is 33.2. The number of nitrogens with one attached hydrogen (secondary N) is 2. The molecule has 22 heavy (non-hydrogen) atoms. The summed E-state index contributed by atoms with van der Waals surface area (Å²) in [7, 11) is 0. The van der Waals surface area contributed by atoms with Crippen molar-refractivity contribution in [2.45, 2.75) is 0 Å². The summed E-state index contributed by atoms with van der Waals surface area (Å²) < 4.78 is 0. The van der Waals surface area contributed by atoms with Gasteiger partial charge in [-0.1, -0.05) is 30.3 Å². The highest BCUT2D eigenvalue weighted by atomic mass is 16.6. The monoisotopic (exact) mass is 300 g/mol. The summed E-state index contributed by atoms with van der Waals surface area (Å²) >= 11 is 0. The van der Waals surface area contributed by atoms with Crippen molar-refractivity contribution in [3.8, 4) is 0 Å². The second kappa shape index (κ2) is 6.35. The average Bonchev–Trinajstić information content (AvgIpc) is 2.52. The van der Waals surface area contributed by atoms with E-state index in [1.807, 2.05) is 0 Å². The van der Waals surface area contributed by atoms with Crippen LogP contribution in [-0.4, -0.2) is 16.8 Å². The Kier molecular flexibility index (Phi) is 4.33. The van der Waals surface area contributed by atoms with Gasteiger partial charge in [-0.3, -0.25) is 25.8 Å². The van der Waals surface area contributed by atoms with Gasteiger partial charge in [0.05, 0.1) is 16.5 Å². The van der Waals surface area contributed by atoms with E-state index in [2.05, 4.69) is 10.9 Å². The lowest BCUT2D eigenvalue weighted by atomic mass is 10.1. The van der Waals surface area contributed by atoms with Gasteiger partial charge >= 0.3 is 0 Å². The molecule has 0 aliphatic rings. The van der Waals surface area contributed by atoms with Gasteiger partial charge in [-0.05, 0) is 12.1 Å². The number of hydrazine groups is 1. The van der Waals surface area contributed by atoms with Crippen molar-refractivity contribution >= 4 is 23.3 Å². The Labute approximate surface area is 124 Å². The summed E-state index contributed by atoms with van der Waals surface area (Å²) in [6.07, 6.45) is 0. The summed E-state index contributed by atoms with van der Waals surface area (Å²) in [6.45, 7) is 0. The van der Waals surface area contributed by atoms with Crippen LogP contribution in [0.1, 0.15) is 20.7 Å². The number of nitro groups is 1. The first kappa shape index (κ1) is 15.0. The molecular formula is C14H10N3O5-. The van der Waals surface area contributed by atoms with E-state index in [0.717, 1.165) is 0 Å². The van der Waals surface area contributed by atoms with Gasteiger partial charge in [0.1, 0.15) is 5.69 Å². The van der Waals surface area contributed by atoms with Crippen LogP contribution in [0.25, 0.3) is 0 Å². The first-order valence-electron chi connectivity index (χ1n) is 6.11. The van der Waals surface area contributed by atoms with Gasteiger partial charge in [-0.15, -0.1) is 0 Å². The molecule has 0 aliphatic heterocycles. The number of amides is 1. The fourth-order valence-electron chi connectivity index (χ4n) is 1.79. The van der Waals surface area contributed by atoms with E-state index in [-0.39, 0.29) is 22.5 Å². The van der Waals surface area contributed by atoms with Gasteiger partial charge in [0.25, 0.3) is 11.6 Å². The summed E-state index contributed by atoms with van der Waals surface area (Å²) in [5, 5.41) is 21.8. The molecule has 0 unspecified atom stereocenters. The van der Waals surface area contributed by atoms with Crippen LogP contribution in [0.5, 0.6) is 0 Å². The number of nitro benzene ring substituents is 1. The quantitative estimate of drug-likeness (QED) is 0.619. The van der Waals surface area contributed by atoms with Gasteiger partial charge < -0.3 is 9.90 Å². The fourth-order valence-corrected chi connectivity index (χ4v) is 1.79. The van der Waals surface area contributed by atoms with Gasteiger partial charge in [0.2, 0.25) is 0 Å². The molecule has 0 fully saturated rings. The lowest BCUT2D eigenvalue weighted by molar-refractivity contribution is -0.384. The number of aromatic carboxylic acids is 1. The zero-order chi connectivity index (χ0) is 16.1. The Hall–Kier alpha value is -3.42. The van der Waals surface area contributed by atoms with Crippen LogP contribution in [0.15, 0.2) is 48.5 Å². The molecule has 0 saturated heterocycles. The molecule has 2 aromatic rings. The highest BCUT2D eigenvalue weighted by Crippen LogP contribution is 2.22. The topological polar surface area (TPSA) is 124 Å². The molecule has 0 aliphatic carbocycles. The van der Waals surface area contributed by atoms with Crippen molar-refractivity contribution in [2.75, 3.05) is 5.43 Å². The molecule has 0 heterocycles. The highest BCUT2D eigenvalue weighted by Gasteiger charge is 2.15. The standard InChI is InChI=1S/C14H11N3O5/c18-13(9-5-1-2-6-10(9)14(19)20)16-15-11-7-3-4-8-12(11)17(21)22/h1-8,15H,(H,16,18)(H,19,20)/p-1. The Bertz CT molecular complexity index is 745. The number of para-hydroxylation sites is 2. The largest absolute Gasteiger partial charge is 0.545 e. The smallest absolute Gasteiger partial charge is 0.294 e. The number of benzene rings is 2. The molecule has 2 N–H and O–H groups in total. The average molecular weight is 300 g/mol. The maximum Gasteiger partial charge on any atom is 0.294 e. The zero-order valence-corrected chi connectivity index (χ0v) is 11.1. The third-order valence-corrected chi connectivity index (χ3v) is 2.80. The second-order valence-electron chi connectivity index (χ2n) is 4.19. The van der Waals surface area contributed by atoms with Gasteiger partial charge in [0.15, 0.2) is 0 Å². The first-order valence-corrected chi connectivity index (χ1v) is 6.11. The molecule has 0 spiro atoms. The van der Waals surface area contributed by atoms with Gasteiger partial charge in [-0.2, -0.15) is 0 Å². The van der Waals surface area contributed by atoms with Gasteiger partial charge in [0, 0.05) is 11.6 Å². The zero-order valence-electron chi connectivity index (χ0n) is 11.1. The van der Waals surface area contributed by atoms with Crippen molar-refractivity contribution in [2.24, 2.45) is 0 Å². The molecule has 0 aromatic heterocycles. The molecule has 0 atom stereocenters. The number of anilines is 1. The molecular weight excluding hydrogens is 290 g/mol. The Morgan fingerprint density at radius 2 is 1.55 bits per heavy atom. The van der Waals surface area contributed by atoms with Crippen molar-refractivity contribution < 1.29 is 19.6 Å². The number of nitrogens with zero attached hydrogens (tertiary/aromatic N) is 1. The Morgan fingerprint density at radius 1 is 0.955 bits per heavy atom. The van der Waals surface area contributed by atoms with Crippen molar-refractivity contribution in [1.82, 2.24) is 5.43 Å². The third kappa shape index (κ3) is 3.18. The fraction of sp³-hybridized carbons (Fsp3) is 0. The number of carbonyl (C=O) groups excluding carboxylic acids is 2. The summed E-state index contributed by atoms with van der Waals surface area (Å²) in [5.74, 6) is -2.24. The normalized spacial score (nSPS) is 9.82. The number of carboxylic acid groups (broad SMARTS) is 1. The number of carbonyl (C=O) groups is 2. The molecule has 8 heteroatoms. The molecule has 112 valence electrons. The molecule has 1 amide bonds. The van der Waals surface area contributed by atoms with E-state index in [1.165, 1.54) is 42.5 Å².